The molecule has 0 atom stereocenters. The van der Waals surface area contributed by atoms with E-state index in [9.17, 15) is 0 Å². The van der Waals surface area contributed by atoms with Gasteiger partial charge in [0.15, 0.2) is 0 Å². The predicted octanol–water partition coefficient (Wildman–Crippen LogP) is 2.81. The third kappa shape index (κ3) is 3.58. The Morgan fingerprint density at radius 1 is 1.32 bits per heavy atom. The molecule has 0 radical (unpaired) electrons. The van der Waals surface area contributed by atoms with Crippen LogP contribution in [-0.2, 0) is 13.1 Å². The molecular weight excluding hydrogens is 238 g/mol. The van der Waals surface area contributed by atoms with Gasteiger partial charge in [-0.1, -0.05) is 6.92 Å². The zero-order valence-electron chi connectivity index (χ0n) is 11.6. The molecule has 2 heterocycles. The van der Waals surface area contributed by atoms with Gasteiger partial charge in [-0.25, -0.2) is 0 Å². The molecule has 0 bridgehead atoms. The van der Waals surface area contributed by atoms with Gasteiger partial charge in [0, 0.05) is 19.3 Å². The molecule has 2 rings (SSSR count). The Balaban J connectivity index is 2.17. The molecule has 0 saturated heterocycles. The van der Waals surface area contributed by atoms with Crippen LogP contribution in [0.5, 0.6) is 0 Å². The van der Waals surface area contributed by atoms with E-state index in [4.69, 9.17) is 4.42 Å². The maximum absolute atomic E-state index is 5.43. The first-order chi connectivity index (χ1) is 9.35. The topological polar surface area (TPSA) is 41.3 Å². The van der Waals surface area contributed by atoms with E-state index in [1.165, 1.54) is 11.3 Å². The zero-order chi connectivity index (χ0) is 13.5. The van der Waals surface area contributed by atoms with Crippen LogP contribution in [0.4, 0.5) is 5.69 Å². The lowest BCUT2D eigenvalue weighted by Gasteiger charge is -2.24. The monoisotopic (exact) mass is 259 g/mol. The van der Waals surface area contributed by atoms with Crippen molar-refractivity contribution in [3.63, 3.8) is 0 Å². The summed E-state index contributed by atoms with van der Waals surface area (Å²) < 4.78 is 5.43. The van der Waals surface area contributed by atoms with Gasteiger partial charge in [0.05, 0.1) is 24.7 Å². The smallest absolute Gasteiger partial charge is 0.123 e. The van der Waals surface area contributed by atoms with E-state index >= 15 is 0 Å². The second-order valence-electron chi connectivity index (χ2n) is 4.38. The summed E-state index contributed by atoms with van der Waals surface area (Å²) in [5.41, 5.74) is 2.44. The van der Waals surface area contributed by atoms with Crippen LogP contribution in [0.15, 0.2) is 41.3 Å². The molecule has 0 aromatic carbocycles. The first kappa shape index (κ1) is 13.6. The van der Waals surface area contributed by atoms with E-state index in [1.54, 1.807) is 6.26 Å². The number of rotatable bonds is 7. The third-order valence-corrected chi connectivity index (χ3v) is 3.10. The van der Waals surface area contributed by atoms with E-state index in [2.05, 4.69) is 35.1 Å². The Morgan fingerprint density at radius 2 is 2.21 bits per heavy atom. The van der Waals surface area contributed by atoms with Crippen LogP contribution >= 0.6 is 0 Å². The summed E-state index contributed by atoms with van der Waals surface area (Å²) >= 11 is 0. The largest absolute Gasteiger partial charge is 0.467 e. The molecular formula is C15H21N3O. The Labute approximate surface area is 114 Å². The number of nitrogens with zero attached hydrogens (tertiary/aromatic N) is 2. The van der Waals surface area contributed by atoms with Crippen LogP contribution in [0, 0.1) is 0 Å². The van der Waals surface area contributed by atoms with Gasteiger partial charge in [-0.05, 0) is 37.2 Å². The van der Waals surface area contributed by atoms with Crippen LogP contribution in [0.3, 0.4) is 0 Å². The number of aromatic nitrogens is 1. The molecule has 4 nitrogen and oxygen atoms in total. The highest BCUT2D eigenvalue weighted by Gasteiger charge is 2.11. The second kappa shape index (κ2) is 6.95. The van der Waals surface area contributed by atoms with E-state index in [1.807, 2.05) is 24.5 Å². The fourth-order valence-corrected chi connectivity index (χ4v) is 2.07. The van der Waals surface area contributed by atoms with E-state index in [0.717, 1.165) is 31.9 Å². The maximum Gasteiger partial charge on any atom is 0.123 e. The normalized spacial score (nSPS) is 10.6. The minimum atomic E-state index is 0.772. The lowest BCUT2D eigenvalue weighted by atomic mass is 10.2. The highest BCUT2D eigenvalue weighted by atomic mass is 16.3. The van der Waals surface area contributed by atoms with Gasteiger partial charge in [0.1, 0.15) is 5.76 Å². The van der Waals surface area contributed by atoms with Crippen molar-refractivity contribution in [3.8, 4) is 0 Å². The number of pyridine rings is 1. The molecule has 0 unspecified atom stereocenters. The summed E-state index contributed by atoms with van der Waals surface area (Å²) in [6.07, 6.45) is 5.49. The predicted molar refractivity (Wildman–Crippen MR) is 77.0 cm³/mol. The number of hydrogen-bond donors (Lipinski definition) is 1. The summed E-state index contributed by atoms with van der Waals surface area (Å²) in [6, 6.07) is 6.00. The first-order valence-corrected chi connectivity index (χ1v) is 6.76. The van der Waals surface area contributed by atoms with E-state index in [0.29, 0.717) is 0 Å². The summed E-state index contributed by atoms with van der Waals surface area (Å²) in [4.78, 5) is 6.53. The summed E-state index contributed by atoms with van der Waals surface area (Å²) in [7, 11) is 0. The quantitative estimate of drug-likeness (QED) is 0.830. The summed E-state index contributed by atoms with van der Waals surface area (Å²) in [5, 5.41) is 3.36. The molecule has 0 fully saturated rings. The number of nitrogens with one attached hydrogen (secondary N) is 1. The number of hydrogen-bond acceptors (Lipinski definition) is 4. The first-order valence-electron chi connectivity index (χ1n) is 6.76. The van der Waals surface area contributed by atoms with E-state index < -0.39 is 0 Å². The standard InChI is InChI=1S/C15H21N3O/c1-3-16-10-13-7-8-17-11-15(13)18(4-2)12-14-6-5-9-19-14/h5-9,11,16H,3-4,10,12H2,1-2H3. The molecule has 2 aromatic rings. The molecule has 102 valence electrons. The van der Waals surface area contributed by atoms with Gasteiger partial charge in [0.2, 0.25) is 0 Å². The molecule has 0 spiro atoms. The Morgan fingerprint density at radius 3 is 2.89 bits per heavy atom. The highest BCUT2D eigenvalue weighted by Crippen LogP contribution is 2.21. The van der Waals surface area contributed by atoms with Crippen LogP contribution in [0.25, 0.3) is 0 Å². The van der Waals surface area contributed by atoms with Crippen LogP contribution in [-0.4, -0.2) is 18.1 Å². The molecule has 4 heteroatoms. The van der Waals surface area contributed by atoms with Crippen molar-refractivity contribution >= 4 is 5.69 Å². The van der Waals surface area contributed by atoms with Crippen molar-refractivity contribution in [2.24, 2.45) is 0 Å². The van der Waals surface area contributed by atoms with Crippen molar-refractivity contribution in [1.29, 1.82) is 0 Å². The average Bonchev–Trinajstić information content (AvgIpc) is 2.96. The van der Waals surface area contributed by atoms with Crippen LogP contribution in [0.1, 0.15) is 25.2 Å². The lowest BCUT2D eigenvalue weighted by Crippen LogP contribution is -2.24. The third-order valence-electron chi connectivity index (χ3n) is 3.10. The van der Waals surface area contributed by atoms with Crippen LogP contribution < -0.4 is 10.2 Å². The van der Waals surface area contributed by atoms with Gasteiger partial charge in [0.25, 0.3) is 0 Å². The molecule has 1 N–H and O–H groups in total. The number of furan rings is 1. The Hall–Kier alpha value is -1.81. The van der Waals surface area contributed by atoms with Gasteiger partial charge in [-0.15, -0.1) is 0 Å². The molecule has 0 aliphatic rings. The summed E-state index contributed by atoms with van der Waals surface area (Å²) in [5.74, 6) is 0.972. The fourth-order valence-electron chi connectivity index (χ4n) is 2.07. The second-order valence-corrected chi connectivity index (χ2v) is 4.38. The van der Waals surface area contributed by atoms with Gasteiger partial charge in [-0.3, -0.25) is 4.98 Å². The van der Waals surface area contributed by atoms with Gasteiger partial charge < -0.3 is 14.6 Å². The van der Waals surface area contributed by atoms with Crippen molar-refractivity contribution in [2.45, 2.75) is 26.9 Å². The van der Waals surface area contributed by atoms with Crippen molar-refractivity contribution in [1.82, 2.24) is 10.3 Å². The molecule has 19 heavy (non-hydrogen) atoms. The molecule has 0 aliphatic heterocycles. The Kier molecular flexibility index (Phi) is 4.98. The van der Waals surface area contributed by atoms with Gasteiger partial charge >= 0.3 is 0 Å². The average molecular weight is 259 g/mol. The van der Waals surface area contributed by atoms with Crippen molar-refractivity contribution in [2.75, 3.05) is 18.0 Å². The Bertz CT molecular complexity index is 482. The van der Waals surface area contributed by atoms with Crippen molar-refractivity contribution in [3.05, 3.63) is 48.2 Å². The van der Waals surface area contributed by atoms with E-state index in [-0.39, 0.29) is 0 Å². The molecule has 0 aliphatic carbocycles. The fraction of sp³-hybridized carbons (Fsp3) is 0.400. The van der Waals surface area contributed by atoms with Crippen LogP contribution in [0.2, 0.25) is 0 Å². The minimum Gasteiger partial charge on any atom is -0.467 e. The highest BCUT2D eigenvalue weighted by molar-refractivity contribution is 5.51. The molecule has 2 aromatic heterocycles. The minimum absolute atomic E-state index is 0.772. The summed E-state index contributed by atoms with van der Waals surface area (Å²) in [6.45, 7) is 7.78. The van der Waals surface area contributed by atoms with Crippen molar-refractivity contribution < 1.29 is 4.42 Å². The molecule has 0 amide bonds. The molecule has 0 saturated carbocycles. The maximum atomic E-state index is 5.43. The number of anilines is 1. The SMILES string of the molecule is CCNCc1ccncc1N(CC)Cc1ccco1. The van der Waals surface area contributed by atoms with Gasteiger partial charge in [-0.2, -0.15) is 0 Å². The zero-order valence-corrected chi connectivity index (χ0v) is 11.6. The lowest BCUT2D eigenvalue weighted by molar-refractivity contribution is 0.503.